The van der Waals surface area contributed by atoms with Gasteiger partial charge in [0.05, 0.1) is 52.0 Å². The quantitative estimate of drug-likeness (QED) is 0.521. The molecule has 1 aromatic carbocycles. The highest BCUT2D eigenvalue weighted by atomic mass is 19.4. The third-order valence-electron chi connectivity index (χ3n) is 6.16. The highest BCUT2D eigenvalue weighted by Gasteiger charge is 2.74. The lowest BCUT2D eigenvalue weighted by atomic mass is 9.69. The van der Waals surface area contributed by atoms with Gasteiger partial charge in [-0.1, -0.05) is 0 Å². The summed E-state index contributed by atoms with van der Waals surface area (Å²) in [6.07, 6.45) is -3.81. The molecule has 0 N–H and O–H groups in total. The van der Waals surface area contributed by atoms with Gasteiger partial charge in [0, 0.05) is 0 Å². The molecule has 0 spiro atoms. The molecule has 2 saturated heterocycles. The van der Waals surface area contributed by atoms with Crippen molar-refractivity contribution in [2.45, 2.75) is 51.2 Å². The Labute approximate surface area is 181 Å². The number of halogens is 3. The summed E-state index contributed by atoms with van der Waals surface area (Å²) in [6, 6.07) is 4.13. The zero-order chi connectivity index (χ0) is 23.8. The van der Waals surface area contributed by atoms with Crippen molar-refractivity contribution in [2.24, 2.45) is 11.8 Å². The van der Waals surface area contributed by atoms with Crippen molar-refractivity contribution in [3.63, 3.8) is 0 Å². The van der Waals surface area contributed by atoms with Crippen molar-refractivity contribution < 1.29 is 37.0 Å². The summed E-state index contributed by atoms with van der Waals surface area (Å²) >= 11 is 0. The number of hydrogen-bond acceptors (Lipinski definition) is 6. The number of nitrogens with zero attached hydrogens (tertiary/aromatic N) is 2. The maximum Gasteiger partial charge on any atom is 0.417 e. The number of hydrogen-bond donors (Lipinski definition) is 0. The van der Waals surface area contributed by atoms with Gasteiger partial charge in [0.25, 0.3) is 0 Å². The van der Waals surface area contributed by atoms with E-state index in [1.165, 1.54) is 19.1 Å². The number of benzene rings is 1. The average molecular weight is 448 g/mol. The summed E-state index contributed by atoms with van der Waals surface area (Å²) in [6.45, 7) is 6.38. The second kappa shape index (κ2) is 6.65. The number of esters is 1. The Hall–Kier alpha value is -3.19. The standard InChI is InChI=1S/C22H19F3N2O5/c1-10(2)31-19(30)14-8-20(3)15-16(21(14,4)32-20)18(29)27(17(15)28)12-6-5-11(9-26)13(7-12)22(23,24)25/h5-8,10,15-16H,1-4H3/t15-,16+,20?,21?/m1/s1. The molecule has 3 aliphatic rings. The van der Waals surface area contributed by atoms with Crippen molar-refractivity contribution in [3.05, 3.63) is 41.0 Å². The van der Waals surface area contributed by atoms with Crippen LogP contribution in [0.1, 0.15) is 38.8 Å². The van der Waals surface area contributed by atoms with Crippen LogP contribution in [0.4, 0.5) is 18.9 Å². The van der Waals surface area contributed by atoms with Crippen LogP contribution in [0.3, 0.4) is 0 Å². The number of rotatable bonds is 3. The third-order valence-corrected chi connectivity index (χ3v) is 6.16. The Morgan fingerprint density at radius 2 is 1.84 bits per heavy atom. The first-order chi connectivity index (χ1) is 14.7. The van der Waals surface area contributed by atoms with Crippen LogP contribution >= 0.6 is 0 Å². The van der Waals surface area contributed by atoms with Crippen molar-refractivity contribution in [1.82, 2.24) is 0 Å². The van der Waals surface area contributed by atoms with E-state index in [2.05, 4.69) is 0 Å². The van der Waals surface area contributed by atoms with Gasteiger partial charge in [0.2, 0.25) is 11.8 Å². The van der Waals surface area contributed by atoms with E-state index in [1.807, 2.05) is 0 Å². The number of carbonyl (C=O) groups is 3. The minimum absolute atomic E-state index is 0.105. The molecular formula is C22H19F3N2O5. The highest BCUT2D eigenvalue weighted by molar-refractivity contribution is 6.24. The van der Waals surface area contributed by atoms with Crippen LogP contribution in [0.15, 0.2) is 29.8 Å². The third kappa shape index (κ3) is 2.88. The van der Waals surface area contributed by atoms with Crippen LogP contribution in [0.2, 0.25) is 0 Å². The second-order valence-electron chi connectivity index (χ2n) is 8.71. The van der Waals surface area contributed by atoms with E-state index >= 15 is 0 Å². The monoisotopic (exact) mass is 448 g/mol. The Morgan fingerprint density at radius 1 is 1.22 bits per heavy atom. The van der Waals surface area contributed by atoms with Gasteiger partial charge in [-0.05, 0) is 52.0 Å². The van der Waals surface area contributed by atoms with Crippen molar-refractivity contribution in [2.75, 3.05) is 4.90 Å². The summed E-state index contributed by atoms with van der Waals surface area (Å²) < 4.78 is 51.5. The van der Waals surface area contributed by atoms with E-state index in [0.29, 0.717) is 11.0 Å². The van der Waals surface area contributed by atoms with Gasteiger partial charge in [-0.3, -0.25) is 9.59 Å². The van der Waals surface area contributed by atoms with Crippen LogP contribution in [0.25, 0.3) is 0 Å². The fourth-order valence-electron chi connectivity index (χ4n) is 4.95. The molecule has 0 radical (unpaired) electrons. The molecule has 4 rings (SSSR count). The van der Waals surface area contributed by atoms with Gasteiger partial charge < -0.3 is 9.47 Å². The highest BCUT2D eigenvalue weighted by Crippen LogP contribution is 2.60. The summed E-state index contributed by atoms with van der Waals surface area (Å²) in [5.74, 6) is -4.30. The van der Waals surface area contributed by atoms with Crippen LogP contribution in [-0.4, -0.2) is 35.1 Å². The van der Waals surface area contributed by atoms with Gasteiger partial charge in [0.15, 0.2) is 0 Å². The summed E-state index contributed by atoms with van der Waals surface area (Å²) in [7, 11) is 0. The fourth-order valence-corrected chi connectivity index (χ4v) is 4.95. The molecule has 0 saturated carbocycles. The fraction of sp³-hybridized carbons (Fsp3) is 0.455. The Bertz CT molecular complexity index is 1140. The van der Waals surface area contributed by atoms with E-state index in [1.54, 1.807) is 20.8 Å². The maximum atomic E-state index is 13.4. The largest absolute Gasteiger partial charge is 0.460 e. The number of amides is 2. The van der Waals surface area contributed by atoms with E-state index in [-0.39, 0.29) is 11.3 Å². The molecule has 0 aliphatic carbocycles. The number of anilines is 1. The summed E-state index contributed by atoms with van der Waals surface area (Å²) in [5, 5.41) is 9.00. The van der Waals surface area contributed by atoms with Gasteiger partial charge in [-0.25, -0.2) is 9.69 Å². The Balaban J connectivity index is 1.77. The first kappa shape index (κ1) is 22.0. The van der Waals surface area contributed by atoms with Gasteiger partial charge >= 0.3 is 12.1 Å². The Kier molecular flexibility index (Phi) is 4.58. The number of imide groups is 1. The lowest BCUT2D eigenvalue weighted by molar-refractivity contribution is -0.146. The molecular weight excluding hydrogens is 429 g/mol. The molecule has 10 heteroatoms. The van der Waals surface area contributed by atoms with Crippen LogP contribution < -0.4 is 4.90 Å². The molecule has 32 heavy (non-hydrogen) atoms. The molecule has 1 aromatic rings. The maximum absolute atomic E-state index is 13.4. The molecule has 7 nitrogen and oxygen atoms in total. The molecule has 0 aromatic heterocycles. The van der Waals surface area contributed by atoms with E-state index in [4.69, 9.17) is 14.7 Å². The van der Waals surface area contributed by atoms with E-state index < -0.39 is 64.2 Å². The zero-order valence-electron chi connectivity index (χ0n) is 17.6. The van der Waals surface area contributed by atoms with Gasteiger partial charge in [0.1, 0.15) is 5.60 Å². The minimum atomic E-state index is -4.85. The normalized spacial score (nSPS) is 31.1. The number of alkyl halides is 3. The number of nitriles is 1. The predicted molar refractivity (Wildman–Crippen MR) is 103 cm³/mol. The molecule has 2 unspecified atom stereocenters. The van der Waals surface area contributed by atoms with E-state index in [9.17, 15) is 27.6 Å². The first-order valence-corrected chi connectivity index (χ1v) is 9.88. The number of carbonyl (C=O) groups excluding carboxylic acids is 3. The molecule has 2 amide bonds. The lowest BCUT2D eigenvalue weighted by Crippen LogP contribution is -2.43. The van der Waals surface area contributed by atoms with Crippen molar-refractivity contribution in [3.8, 4) is 6.07 Å². The van der Waals surface area contributed by atoms with E-state index in [0.717, 1.165) is 12.1 Å². The molecule has 4 atom stereocenters. The molecule has 3 heterocycles. The average Bonchev–Trinajstić information content (AvgIpc) is 3.21. The second-order valence-corrected chi connectivity index (χ2v) is 8.71. The summed E-state index contributed by atoms with van der Waals surface area (Å²) in [4.78, 5) is 39.9. The first-order valence-electron chi connectivity index (χ1n) is 9.88. The molecule has 2 fully saturated rings. The van der Waals surface area contributed by atoms with Crippen LogP contribution in [0, 0.1) is 23.2 Å². The summed E-state index contributed by atoms with van der Waals surface area (Å²) in [5.41, 5.74) is -4.82. The smallest absolute Gasteiger partial charge is 0.417 e. The number of ether oxygens (including phenoxy) is 2. The van der Waals surface area contributed by atoms with Gasteiger partial charge in [-0.2, -0.15) is 18.4 Å². The lowest BCUT2D eigenvalue weighted by Gasteiger charge is -2.29. The Morgan fingerprint density at radius 3 is 2.41 bits per heavy atom. The van der Waals surface area contributed by atoms with Crippen molar-refractivity contribution in [1.29, 1.82) is 5.26 Å². The van der Waals surface area contributed by atoms with Gasteiger partial charge in [-0.15, -0.1) is 0 Å². The minimum Gasteiger partial charge on any atom is -0.460 e. The van der Waals surface area contributed by atoms with Crippen LogP contribution in [0.5, 0.6) is 0 Å². The van der Waals surface area contributed by atoms with Crippen LogP contribution in [-0.2, 0) is 30.0 Å². The molecule has 3 aliphatic heterocycles. The SMILES string of the molecule is CC(C)OC(=O)C1=CC2(C)OC1(C)[C@@H]1C(=O)N(c3ccc(C#N)c(C(F)(F)F)c3)C(=O)[C@@H]12. The molecule has 2 bridgehead atoms. The number of fused-ring (bicyclic) bond motifs is 5. The molecule has 168 valence electrons. The predicted octanol–water partition coefficient (Wildman–Crippen LogP) is 3.12. The van der Waals surface area contributed by atoms with Crippen molar-refractivity contribution >= 4 is 23.5 Å². The zero-order valence-corrected chi connectivity index (χ0v) is 17.6. The topological polar surface area (TPSA) is 96.7 Å².